The molecular weight excluding hydrogens is 467 g/mol. The number of carbonyl (C=O) groups is 1. The van der Waals surface area contributed by atoms with Crippen molar-refractivity contribution in [1.82, 2.24) is 0 Å². The Kier molecular flexibility index (Phi) is 7.63. The zero-order chi connectivity index (χ0) is 25.1. The predicted molar refractivity (Wildman–Crippen MR) is 145 cm³/mol. The van der Waals surface area contributed by atoms with Gasteiger partial charge in [0, 0.05) is 0 Å². The lowest BCUT2D eigenvalue weighted by atomic mass is 9.89. The van der Waals surface area contributed by atoms with Crippen molar-refractivity contribution in [2.45, 2.75) is 20.3 Å². The van der Waals surface area contributed by atoms with Crippen molar-refractivity contribution in [2.75, 3.05) is 6.61 Å². The summed E-state index contributed by atoms with van der Waals surface area (Å²) in [5.41, 5.74) is 4.65. The van der Waals surface area contributed by atoms with E-state index in [-0.39, 0.29) is 30.4 Å². The lowest BCUT2D eigenvalue weighted by Crippen LogP contribution is -2.25. The fourth-order valence-corrected chi connectivity index (χ4v) is 4.27. The number of fused-ring (bicyclic) bond motifs is 2. The quantitative estimate of drug-likeness (QED) is 0.254. The Morgan fingerprint density at radius 1 is 0.811 bits per heavy atom. The molecule has 1 unspecified atom stereocenters. The van der Waals surface area contributed by atoms with Gasteiger partial charge in [-0.25, -0.2) is 4.39 Å². The minimum atomic E-state index is -0.347. The first-order valence-corrected chi connectivity index (χ1v) is 11.6. The van der Waals surface area contributed by atoms with Crippen LogP contribution in [0.2, 0.25) is 0 Å². The van der Waals surface area contributed by atoms with Crippen LogP contribution < -0.4 is 10.2 Å². The number of hydrogen-bond donors (Lipinski definition) is 0. The summed E-state index contributed by atoms with van der Waals surface area (Å²) in [7, 11) is 0. The lowest BCUT2D eigenvalue weighted by Gasteiger charge is -2.24. The van der Waals surface area contributed by atoms with E-state index in [2.05, 4.69) is 0 Å². The number of carbonyl (C=O) groups excluding carboxylic acids is 1. The molecule has 6 rings (SSSR count). The highest BCUT2D eigenvalue weighted by Gasteiger charge is 2.29. The molecule has 0 bridgehead atoms. The Morgan fingerprint density at radius 3 is 2.32 bits per heavy atom. The molecule has 186 valence electrons. The van der Waals surface area contributed by atoms with Crippen LogP contribution >= 0.6 is 0 Å². The van der Waals surface area contributed by atoms with Crippen LogP contribution in [0.1, 0.15) is 34.8 Å². The molecule has 1 atom stereocenters. The molecule has 37 heavy (non-hydrogen) atoms. The number of benzene rings is 4. The molecule has 0 amide bonds. The largest absolute Gasteiger partial charge is 0.492 e. The third-order valence-electron chi connectivity index (χ3n) is 6.16. The standard InChI is InChI=1S/C16H12O2.C15H11FO2.CH4/c1-11-5-4-6-12(9-11)14-10-18-15-8-3-2-7-13(15)16(14)17;16-11-7-5-10(6-8-11)13-9-18-14-4-2-1-3-12(14)15(13)17;/h2-10H,1H3;1-8,13H,9H2;1H4. The van der Waals surface area contributed by atoms with Gasteiger partial charge in [-0.1, -0.05) is 73.7 Å². The maximum Gasteiger partial charge on any atom is 0.200 e. The Hall–Kier alpha value is -4.51. The first kappa shape index (κ1) is 25.6. The highest BCUT2D eigenvalue weighted by molar-refractivity contribution is 6.04. The van der Waals surface area contributed by atoms with Crippen LogP contribution in [-0.4, -0.2) is 12.4 Å². The Bertz CT molecular complexity index is 1600. The molecule has 0 aliphatic carbocycles. The van der Waals surface area contributed by atoms with Crippen molar-refractivity contribution < 1.29 is 18.3 Å². The Morgan fingerprint density at radius 2 is 1.54 bits per heavy atom. The van der Waals surface area contributed by atoms with Gasteiger partial charge in [0.2, 0.25) is 0 Å². The van der Waals surface area contributed by atoms with Gasteiger partial charge < -0.3 is 9.15 Å². The van der Waals surface area contributed by atoms with E-state index in [1.807, 2.05) is 55.5 Å². The van der Waals surface area contributed by atoms with Gasteiger partial charge in [0.25, 0.3) is 0 Å². The Balaban J connectivity index is 0.000000168. The summed E-state index contributed by atoms with van der Waals surface area (Å²) in [4.78, 5) is 24.7. The average molecular weight is 495 g/mol. The van der Waals surface area contributed by atoms with Crippen LogP contribution in [0.25, 0.3) is 22.1 Å². The van der Waals surface area contributed by atoms with E-state index in [0.717, 1.165) is 16.7 Å². The summed E-state index contributed by atoms with van der Waals surface area (Å²) in [6.07, 6.45) is 1.54. The van der Waals surface area contributed by atoms with Crippen molar-refractivity contribution in [3.05, 3.63) is 136 Å². The highest BCUT2D eigenvalue weighted by Crippen LogP contribution is 2.32. The van der Waals surface area contributed by atoms with E-state index in [1.54, 1.807) is 42.7 Å². The van der Waals surface area contributed by atoms with Crippen LogP contribution in [-0.2, 0) is 0 Å². The number of para-hydroxylation sites is 2. The zero-order valence-electron chi connectivity index (χ0n) is 19.6. The number of halogens is 1. The fraction of sp³-hybridized carbons (Fsp3) is 0.125. The van der Waals surface area contributed by atoms with Gasteiger partial charge in [-0.15, -0.1) is 0 Å². The van der Waals surface area contributed by atoms with Crippen molar-refractivity contribution in [1.29, 1.82) is 0 Å². The number of ether oxygens (including phenoxy) is 1. The summed E-state index contributed by atoms with van der Waals surface area (Å²) in [5.74, 6) is 0.00754. The summed E-state index contributed by atoms with van der Waals surface area (Å²) in [5, 5.41) is 0.622. The molecule has 1 aromatic heterocycles. The topological polar surface area (TPSA) is 56.5 Å². The number of Topliss-reactive ketones (excluding diaryl/α,β-unsaturated/α-hetero) is 1. The normalized spacial score (nSPS) is 14.0. The SMILES string of the molecule is C.Cc1cccc(-c2coc3ccccc3c2=O)c1.O=C1c2ccccc2OCC1c1ccc(F)cc1. The smallest absolute Gasteiger partial charge is 0.200 e. The lowest BCUT2D eigenvalue weighted by molar-refractivity contribution is 0.0896. The van der Waals surface area contributed by atoms with Crippen LogP contribution in [0.15, 0.2) is 113 Å². The van der Waals surface area contributed by atoms with E-state index in [4.69, 9.17) is 9.15 Å². The van der Waals surface area contributed by atoms with E-state index in [0.29, 0.717) is 34.5 Å². The van der Waals surface area contributed by atoms with Crippen molar-refractivity contribution in [3.8, 4) is 16.9 Å². The van der Waals surface area contributed by atoms with Crippen molar-refractivity contribution in [3.63, 3.8) is 0 Å². The van der Waals surface area contributed by atoms with Gasteiger partial charge in [0.15, 0.2) is 11.2 Å². The van der Waals surface area contributed by atoms with Crippen LogP contribution in [0.5, 0.6) is 5.75 Å². The summed E-state index contributed by atoms with van der Waals surface area (Å²) in [6, 6.07) is 28.4. The summed E-state index contributed by atoms with van der Waals surface area (Å²) < 4.78 is 24.0. The number of ketones is 1. The van der Waals surface area contributed by atoms with Crippen molar-refractivity contribution >= 4 is 16.8 Å². The molecular formula is C32H27FO4. The molecule has 4 aromatic carbocycles. The number of rotatable bonds is 2. The third-order valence-corrected chi connectivity index (χ3v) is 6.16. The molecule has 0 N–H and O–H groups in total. The second-order valence-electron chi connectivity index (χ2n) is 8.62. The molecule has 0 saturated carbocycles. The number of hydrogen-bond acceptors (Lipinski definition) is 4. The minimum absolute atomic E-state index is 0. The first-order valence-electron chi connectivity index (χ1n) is 11.6. The summed E-state index contributed by atoms with van der Waals surface area (Å²) >= 11 is 0. The van der Waals surface area contributed by atoms with Gasteiger partial charge in [-0.3, -0.25) is 9.59 Å². The van der Waals surface area contributed by atoms with Crippen LogP contribution in [0.4, 0.5) is 4.39 Å². The Labute approximate surface area is 215 Å². The minimum Gasteiger partial charge on any atom is -0.492 e. The molecule has 5 aromatic rings. The van der Waals surface area contributed by atoms with E-state index < -0.39 is 0 Å². The molecule has 0 radical (unpaired) electrons. The molecule has 0 spiro atoms. The second-order valence-corrected chi connectivity index (χ2v) is 8.62. The monoisotopic (exact) mass is 494 g/mol. The predicted octanol–water partition coefficient (Wildman–Crippen LogP) is 7.59. The van der Waals surface area contributed by atoms with Gasteiger partial charge >= 0.3 is 0 Å². The maximum absolute atomic E-state index is 12.9. The molecule has 2 heterocycles. The zero-order valence-corrected chi connectivity index (χ0v) is 19.6. The first-order chi connectivity index (χ1) is 17.5. The second kappa shape index (κ2) is 11.0. The number of aryl methyl sites for hydroxylation is 1. The van der Waals surface area contributed by atoms with Gasteiger partial charge in [0.05, 0.1) is 22.4 Å². The molecule has 1 aliphatic rings. The average Bonchev–Trinajstić information content (AvgIpc) is 2.91. The van der Waals surface area contributed by atoms with Crippen LogP contribution in [0.3, 0.4) is 0 Å². The molecule has 0 fully saturated rings. The van der Waals surface area contributed by atoms with Gasteiger partial charge in [-0.05, 0) is 54.4 Å². The third kappa shape index (κ3) is 5.36. The highest BCUT2D eigenvalue weighted by atomic mass is 19.1. The molecule has 5 heteroatoms. The van der Waals surface area contributed by atoms with E-state index in [1.165, 1.54) is 12.1 Å². The van der Waals surface area contributed by atoms with Gasteiger partial charge in [0.1, 0.15) is 30.0 Å². The van der Waals surface area contributed by atoms with Gasteiger partial charge in [-0.2, -0.15) is 0 Å². The molecule has 4 nitrogen and oxygen atoms in total. The fourth-order valence-electron chi connectivity index (χ4n) is 4.27. The summed E-state index contributed by atoms with van der Waals surface area (Å²) in [6.45, 7) is 2.31. The van der Waals surface area contributed by atoms with E-state index >= 15 is 0 Å². The maximum atomic E-state index is 12.9. The van der Waals surface area contributed by atoms with Crippen LogP contribution in [0, 0.1) is 12.7 Å². The van der Waals surface area contributed by atoms with E-state index in [9.17, 15) is 14.0 Å². The molecule has 0 saturated heterocycles. The molecule has 1 aliphatic heterocycles. The van der Waals surface area contributed by atoms with Crippen molar-refractivity contribution in [2.24, 2.45) is 0 Å².